The van der Waals surface area contributed by atoms with Crippen LogP contribution in [0.25, 0.3) is 0 Å². The molecule has 0 radical (unpaired) electrons. The molecular formula is C8H12N2O. The lowest BCUT2D eigenvalue weighted by Crippen LogP contribution is -1.94. The average molecular weight is 152 g/mol. The van der Waals surface area contributed by atoms with Gasteiger partial charge >= 0.3 is 0 Å². The van der Waals surface area contributed by atoms with Crippen LogP contribution in [-0.4, -0.2) is 19.1 Å². The molecule has 0 unspecified atom stereocenters. The van der Waals surface area contributed by atoms with Crippen molar-refractivity contribution in [2.24, 2.45) is 0 Å². The van der Waals surface area contributed by atoms with E-state index in [1.54, 1.807) is 13.3 Å². The van der Waals surface area contributed by atoms with Gasteiger partial charge in [-0.3, -0.25) is 0 Å². The Balaban J connectivity index is 3.02. The summed E-state index contributed by atoms with van der Waals surface area (Å²) in [6.07, 6.45) is 1.78. The van der Waals surface area contributed by atoms with Crippen molar-refractivity contribution in [2.45, 2.75) is 6.92 Å². The van der Waals surface area contributed by atoms with Crippen molar-refractivity contribution in [3.63, 3.8) is 0 Å². The maximum absolute atomic E-state index is 4.96. The molecule has 0 spiro atoms. The monoisotopic (exact) mass is 152 g/mol. The van der Waals surface area contributed by atoms with E-state index in [2.05, 4.69) is 10.3 Å². The van der Waals surface area contributed by atoms with Crippen molar-refractivity contribution in [3.05, 3.63) is 17.8 Å². The summed E-state index contributed by atoms with van der Waals surface area (Å²) in [6.45, 7) is 2.00. The summed E-state index contributed by atoms with van der Waals surface area (Å²) in [5, 5.41) is 3.05. The molecule has 1 aromatic heterocycles. The van der Waals surface area contributed by atoms with Crippen LogP contribution in [0.2, 0.25) is 0 Å². The highest BCUT2D eigenvalue weighted by Crippen LogP contribution is 2.17. The first-order valence-corrected chi connectivity index (χ1v) is 3.46. The molecule has 3 nitrogen and oxygen atoms in total. The lowest BCUT2D eigenvalue weighted by atomic mass is 10.2. The minimum Gasteiger partial charge on any atom is -0.481 e. The number of hydrogen-bond acceptors (Lipinski definition) is 3. The molecular weight excluding hydrogens is 140 g/mol. The molecule has 0 saturated carbocycles. The lowest BCUT2D eigenvalue weighted by Gasteiger charge is -2.05. The normalized spacial score (nSPS) is 9.36. The van der Waals surface area contributed by atoms with Gasteiger partial charge in [-0.15, -0.1) is 0 Å². The molecule has 0 atom stereocenters. The second-order valence-corrected chi connectivity index (χ2v) is 2.29. The second-order valence-electron chi connectivity index (χ2n) is 2.29. The van der Waals surface area contributed by atoms with Crippen molar-refractivity contribution in [1.29, 1.82) is 0 Å². The van der Waals surface area contributed by atoms with Crippen molar-refractivity contribution in [3.8, 4) is 5.88 Å². The predicted octanol–water partition coefficient (Wildman–Crippen LogP) is 1.44. The Hall–Kier alpha value is -1.25. The van der Waals surface area contributed by atoms with Crippen molar-refractivity contribution >= 4 is 5.69 Å². The largest absolute Gasteiger partial charge is 0.481 e. The summed E-state index contributed by atoms with van der Waals surface area (Å²) >= 11 is 0. The zero-order valence-corrected chi connectivity index (χ0v) is 7.01. The summed E-state index contributed by atoms with van der Waals surface area (Å²) in [4.78, 5) is 4.04. The van der Waals surface area contributed by atoms with E-state index in [1.807, 2.05) is 20.0 Å². The molecule has 1 rings (SSSR count). The fraction of sp³-hybridized carbons (Fsp3) is 0.375. The van der Waals surface area contributed by atoms with Gasteiger partial charge < -0.3 is 10.1 Å². The lowest BCUT2D eigenvalue weighted by molar-refractivity contribution is 0.398. The van der Waals surface area contributed by atoms with Crippen LogP contribution in [0, 0.1) is 6.92 Å². The zero-order valence-electron chi connectivity index (χ0n) is 7.01. The molecule has 1 N–H and O–H groups in total. The van der Waals surface area contributed by atoms with Crippen LogP contribution in [-0.2, 0) is 0 Å². The summed E-state index contributed by atoms with van der Waals surface area (Å²) in [6, 6.07) is 1.87. The van der Waals surface area contributed by atoms with E-state index in [0.717, 1.165) is 11.3 Å². The second kappa shape index (κ2) is 3.23. The Kier molecular flexibility index (Phi) is 2.31. The molecule has 0 aliphatic carbocycles. The molecule has 3 heteroatoms. The van der Waals surface area contributed by atoms with Gasteiger partial charge in [-0.25, -0.2) is 4.98 Å². The predicted molar refractivity (Wildman–Crippen MR) is 45.1 cm³/mol. The van der Waals surface area contributed by atoms with Gasteiger partial charge in [0.1, 0.15) is 0 Å². The van der Waals surface area contributed by atoms with Crippen LogP contribution in [0.15, 0.2) is 12.3 Å². The number of ether oxygens (including phenoxy) is 1. The fourth-order valence-corrected chi connectivity index (χ4v) is 0.886. The number of methoxy groups -OCH3 is 1. The smallest absolute Gasteiger partial charge is 0.214 e. The topological polar surface area (TPSA) is 34.1 Å². The van der Waals surface area contributed by atoms with E-state index in [-0.39, 0.29) is 0 Å². The number of rotatable bonds is 2. The quantitative estimate of drug-likeness (QED) is 0.696. The van der Waals surface area contributed by atoms with Crippen LogP contribution < -0.4 is 10.1 Å². The van der Waals surface area contributed by atoms with Gasteiger partial charge in [0, 0.05) is 25.0 Å². The van der Waals surface area contributed by atoms with Gasteiger partial charge in [0.05, 0.1) is 7.11 Å². The maximum atomic E-state index is 4.96. The third-order valence-electron chi connectivity index (χ3n) is 1.56. The summed E-state index contributed by atoms with van der Waals surface area (Å²) in [5.41, 5.74) is 2.17. The first kappa shape index (κ1) is 7.85. The number of aryl methyl sites for hydroxylation is 1. The molecule has 0 aromatic carbocycles. The molecule has 60 valence electrons. The van der Waals surface area contributed by atoms with Gasteiger partial charge in [-0.05, 0) is 12.5 Å². The molecule has 0 fully saturated rings. The first-order chi connectivity index (χ1) is 5.27. The third-order valence-corrected chi connectivity index (χ3v) is 1.56. The van der Waals surface area contributed by atoms with Gasteiger partial charge in [0.25, 0.3) is 0 Å². The minimum absolute atomic E-state index is 0.639. The van der Waals surface area contributed by atoms with E-state index < -0.39 is 0 Å². The highest BCUT2D eigenvalue weighted by molar-refractivity contribution is 5.51. The van der Waals surface area contributed by atoms with Gasteiger partial charge in [0.2, 0.25) is 5.88 Å². The molecule has 1 heterocycles. The van der Waals surface area contributed by atoms with Crippen LogP contribution in [0.3, 0.4) is 0 Å². The minimum atomic E-state index is 0.639. The molecule has 0 aliphatic rings. The van der Waals surface area contributed by atoms with Gasteiger partial charge in [-0.2, -0.15) is 0 Å². The van der Waals surface area contributed by atoms with E-state index in [9.17, 15) is 0 Å². The average Bonchev–Trinajstić information content (AvgIpc) is 2.05. The molecule has 0 bridgehead atoms. The Morgan fingerprint density at radius 2 is 2.27 bits per heavy atom. The van der Waals surface area contributed by atoms with E-state index in [1.165, 1.54) is 0 Å². The van der Waals surface area contributed by atoms with Crippen LogP contribution in [0.5, 0.6) is 5.88 Å². The van der Waals surface area contributed by atoms with Crippen LogP contribution in [0.4, 0.5) is 5.69 Å². The van der Waals surface area contributed by atoms with Gasteiger partial charge in [-0.1, -0.05) is 0 Å². The van der Waals surface area contributed by atoms with E-state index in [4.69, 9.17) is 4.74 Å². The standard InChI is InChI=1S/C8H12N2O/c1-6-5-10-8(11-3)4-7(6)9-2/h4-5H,1-3H3,(H,9,10). The Morgan fingerprint density at radius 1 is 1.55 bits per heavy atom. The number of aromatic nitrogens is 1. The van der Waals surface area contributed by atoms with Crippen molar-refractivity contribution < 1.29 is 4.74 Å². The first-order valence-electron chi connectivity index (χ1n) is 3.46. The number of anilines is 1. The third kappa shape index (κ3) is 1.61. The highest BCUT2D eigenvalue weighted by atomic mass is 16.5. The Labute approximate surface area is 66.4 Å². The van der Waals surface area contributed by atoms with Crippen LogP contribution >= 0.6 is 0 Å². The Bertz CT molecular complexity index is 248. The molecule has 0 aliphatic heterocycles. The zero-order chi connectivity index (χ0) is 8.27. The fourth-order valence-electron chi connectivity index (χ4n) is 0.886. The summed E-state index contributed by atoms with van der Waals surface area (Å²) in [7, 11) is 3.48. The SMILES string of the molecule is CNc1cc(OC)ncc1C. The number of nitrogens with one attached hydrogen (secondary N) is 1. The van der Waals surface area contributed by atoms with E-state index in [0.29, 0.717) is 5.88 Å². The number of hydrogen-bond donors (Lipinski definition) is 1. The highest BCUT2D eigenvalue weighted by Gasteiger charge is 1.97. The molecule has 0 amide bonds. The van der Waals surface area contributed by atoms with Crippen LogP contribution in [0.1, 0.15) is 5.56 Å². The molecule has 0 saturated heterocycles. The number of pyridine rings is 1. The summed E-state index contributed by atoms with van der Waals surface area (Å²) < 4.78 is 4.96. The van der Waals surface area contributed by atoms with E-state index >= 15 is 0 Å². The van der Waals surface area contributed by atoms with Crippen molar-refractivity contribution in [1.82, 2.24) is 4.98 Å². The summed E-state index contributed by atoms with van der Waals surface area (Å²) in [5.74, 6) is 0.639. The molecule has 1 aromatic rings. The van der Waals surface area contributed by atoms with Crippen molar-refractivity contribution in [2.75, 3.05) is 19.5 Å². The van der Waals surface area contributed by atoms with Gasteiger partial charge in [0.15, 0.2) is 0 Å². The molecule has 11 heavy (non-hydrogen) atoms. The maximum Gasteiger partial charge on any atom is 0.214 e. The Morgan fingerprint density at radius 3 is 2.82 bits per heavy atom. The number of nitrogens with zero attached hydrogens (tertiary/aromatic N) is 1.